The molecule has 0 saturated carbocycles. The third-order valence-corrected chi connectivity index (χ3v) is 5.83. The quantitative estimate of drug-likeness (QED) is 0.144. The fourth-order valence-electron chi connectivity index (χ4n) is 3.35. The number of aliphatic carboxylic acids is 1. The minimum absolute atomic E-state index is 0.0363. The highest BCUT2D eigenvalue weighted by atomic mass is 16.4. The third kappa shape index (κ3) is 8.16. The molecule has 2 aromatic rings. The number of carboxylic acid groups (broad SMARTS) is 1. The number of carbonyl (C=O) groups excluding carboxylic acids is 3. The van der Waals surface area contributed by atoms with Crippen LogP contribution in [0.15, 0.2) is 25.0 Å². The highest BCUT2D eigenvalue weighted by Crippen LogP contribution is 2.08. The average molecular weight is 507 g/mol. The molecule has 198 valence electrons. The van der Waals surface area contributed by atoms with Crippen LogP contribution in [0.2, 0.25) is 0 Å². The van der Waals surface area contributed by atoms with Gasteiger partial charge in [-0.3, -0.25) is 14.4 Å². The van der Waals surface area contributed by atoms with Crippen LogP contribution in [0.5, 0.6) is 0 Å². The Morgan fingerprint density at radius 1 is 0.917 bits per heavy atom. The SMILES string of the molecule is CCC(C)C(N)C(=O)NC(Cc1cnc[nH]1)C(=O)NC(Cc1cnc[nH]1)C(=O)NC(C(=O)O)C(C)O. The van der Waals surface area contributed by atoms with Crippen molar-refractivity contribution in [3.63, 3.8) is 0 Å². The van der Waals surface area contributed by atoms with Crippen LogP contribution in [0, 0.1) is 5.92 Å². The van der Waals surface area contributed by atoms with Gasteiger partial charge in [0.05, 0.1) is 24.8 Å². The number of nitrogens with one attached hydrogen (secondary N) is 5. The minimum atomic E-state index is -1.59. The summed E-state index contributed by atoms with van der Waals surface area (Å²) in [7, 11) is 0. The van der Waals surface area contributed by atoms with E-state index >= 15 is 0 Å². The molecule has 0 saturated heterocycles. The van der Waals surface area contributed by atoms with E-state index in [2.05, 4.69) is 35.9 Å². The monoisotopic (exact) mass is 506 g/mol. The predicted octanol–water partition coefficient (Wildman–Crippen LogP) is -1.79. The van der Waals surface area contributed by atoms with Gasteiger partial charge in [-0.1, -0.05) is 20.3 Å². The van der Waals surface area contributed by atoms with Crippen LogP contribution in [-0.2, 0) is 32.0 Å². The van der Waals surface area contributed by atoms with Crippen molar-refractivity contribution in [1.82, 2.24) is 35.9 Å². The largest absolute Gasteiger partial charge is 0.480 e. The molecule has 36 heavy (non-hydrogen) atoms. The number of H-pyrrole nitrogens is 2. The third-order valence-electron chi connectivity index (χ3n) is 5.83. The molecule has 2 aromatic heterocycles. The molecule has 0 aliphatic heterocycles. The van der Waals surface area contributed by atoms with Gasteiger partial charge in [-0.2, -0.15) is 0 Å². The Hall–Kier alpha value is -3.78. The molecular weight excluding hydrogens is 472 g/mol. The van der Waals surface area contributed by atoms with Gasteiger partial charge >= 0.3 is 5.97 Å². The lowest BCUT2D eigenvalue weighted by molar-refractivity contribution is -0.145. The maximum absolute atomic E-state index is 13.3. The van der Waals surface area contributed by atoms with E-state index in [1.54, 1.807) is 0 Å². The topological polar surface area (TPSA) is 228 Å². The number of imidazole rings is 2. The normalized spacial score (nSPS) is 16.1. The number of nitrogens with two attached hydrogens (primary N) is 1. The molecule has 9 N–H and O–H groups in total. The number of aromatic nitrogens is 4. The number of carbonyl (C=O) groups is 4. The lowest BCUT2D eigenvalue weighted by Gasteiger charge is -2.26. The number of aromatic amines is 2. The maximum atomic E-state index is 13.3. The molecule has 0 fully saturated rings. The van der Waals surface area contributed by atoms with Crippen molar-refractivity contribution in [2.24, 2.45) is 11.7 Å². The van der Waals surface area contributed by atoms with E-state index in [0.29, 0.717) is 17.8 Å². The minimum Gasteiger partial charge on any atom is -0.480 e. The molecule has 0 spiro atoms. The van der Waals surface area contributed by atoms with Crippen LogP contribution >= 0.6 is 0 Å². The molecule has 0 bridgehead atoms. The van der Waals surface area contributed by atoms with E-state index in [1.165, 1.54) is 32.0 Å². The van der Waals surface area contributed by atoms with E-state index < -0.39 is 54.0 Å². The summed E-state index contributed by atoms with van der Waals surface area (Å²) in [5.41, 5.74) is 7.08. The lowest BCUT2D eigenvalue weighted by atomic mass is 9.98. The Labute approximate surface area is 207 Å². The molecule has 3 amide bonds. The number of aliphatic hydroxyl groups is 1. The summed E-state index contributed by atoms with van der Waals surface area (Å²) >= 11 is 0. The van der Waals surface area contributed by atoms with E-state index in [1.807, 2.05) is 13.8 Å². The number of hydrogen-bond donors (Lipinski definition) is 8. The number of aliphatic hydroxyl groups excluding tert-OH is 1. The Morgan fingerprint density at radius 2 is 1.39 bits per heavy atom. The summed E-state index contributed by atoms with van der Waals surface area (Å²) in [5, 5.41) is 26.5. The predicted molar refractivity (Wildman–Crippen MR) is 127 cm³/mol. The Morgan fingerprint density at radius 3 is 1.78 bits per heavy atom. The Balaban J connectivity index is 2.25. The van der Waals surface area contributed by atoms with Gasteiger partial charge in [-0.05, 0) is 12.8 Å². The van der Waals surface area contributed by atoms with Crippen molar-refractivity contribution in [3.05, 3.63) is 36.4 Å². The first-order valence-electron chi connectivity index (χ1n) is 11.6. The molecule has 0 aliphatic carbocycles. The summed E-state index contributed by atoms with van der Waals surface area (Å²) in [5.74, 6) is -3.63. The van der Waals surface area contributed by atoms with Crippen LogP contribution in [0.4, 0.5) is 0 Å². The highest BCUT2D eigenvalue weighted by Gasteiger charge is 2.33. The first-order valence-corrected chi connectivity index (χ1v) is 11.6. The van der Waals surface area contributed by atoms with Gasteiger partial charge in [0.15, 0.2) is 6.04 Å². The first kappa shape index (κ1) is 28.5. The van der Waals surface area contributed by atoms with Crippen molar-refractivity contribution < 1.29 is 29.4 Å². The lowest BCUT2D eigenvalue weighted by Crippen LogP contribution is -2.59. The zero-order valence-electron chi connectivity index (χ0n) is 20.4. The molecule has 0 radical (unpaired) electrons. The van der Waals surface area contributed by atoms with Crippen molar-refractivity contribution in [2.45, 2.75) is 70.3 Å². The number of hydrogen-bond acceptors (Lipinski definition) is 8. The van der Waals surface area contributed by atoms with Gasteiger partial charge in [0.25, 0.3) is 0 Å². The number of amides is 3. The van der Waals surface area contributed by atoms with Crippen molar-refractivity contribution in [3.8, 4) is 0 Å². The van der Waals surface area contributed by atoms with Crippen molar-refractivity contribution in [1.29, 1.82) is 0 Å². The van der Waals surface area contributed by atoms with Gasteiger partial charge in [0.2, 0.25) is 17.7 Å². The van der Waals surface area contributed by atoms with Gasteiger partial charge in [-0.15, -0.1) is 0 Å². The fourth-order valence-corrected chi connectivity index (χ4v) is 3.35. The molecule has 14 nitrogen and oxygen atoms in total. The highest BCUT2D eigenvalue weighted by molar-refractivity contribution is 5.94. The van der Waals surface area contributed by atoms with Gasteiger partial charge in [-0.25, -0.2) is 14.8 Å². The van der Waals surface area contributed by atoms with Crippen LogP contribution in [-0.4, -0.2) is 84.1 Å². The number of carboxylic acids is 1. The second-order valence-corrected chi connectivity index (χ2v) is 8.66. The van der Waals surface area contributed by atoms with Crippen LogP contribution in [0.3, 0.4) is 0 Å². The van der Waals surface area contributed by atoms with Gasteiger partial charge in [0.1, 0.15) is 12.1 Å². The van der Waals surface area contributed by atoms with E-state index in [-0.39, 0.29) is 18.8 Å². The summed E-state index contributed by atoms with van der Waals surface area (Å²) in [4.78, 5) is 63.9. The molecule has 14 heteroatoms. The Bertz CT molecular complexity index is 994. The summed E-state index contributed by atoms with van der Waals surface area (Å²) < 4.78 is 0. The standard InChI is InChI=1S/C22H34N8O6/c1-4-11(2)17(23)21(34)29-15(5-13-7-24-9-26-13)19(32)28-16(6-14-8-25-10-27-14)20(33)30-18(12(3)31)22(35)36/h7-12,15-18,31H,4-6,23H2,1-3H3,(H,24,26)(H,25,27)(H,28,32)(H,29,34)(H,30,33)(H,35,36). The van der Waals surface area contributed by atoms with Crippen LogP contribution in [0.1, 0.15) is 38.6 Å². The molecule has 0 aliphatic rings. The second-order valence-electron chi connectivity index (χ2n) is 8.66. The number of nitrogens with zero attached hydrogens (tertiary/aromatic N) is 2. The smallest absolute Gasteiger partial charge is 0.328 e. The van der Waals surface area contributed by atoms with E-state index in [4.69, 9.17) is 5.73 Å². The van der Waals surface area contributed by atoms with Crippen molar-refractivity contribution in [2.75, 3.05) is 0 Å². The molecule has 2 heterocycles. The first-order chi connectivity index (χ1) is 17.0. The van der Waals surface area contributed by atoms with Crippen LogP contribution in [0.25, 0.3) is 0 Å². The molecule has 2 rings (SSSR count). The fraction of sp³-hybridized carbons (Fsp3) is 0.545. The second kappa shape index (κ2) is 13.3. The van der Waals surface area contributed by atoms with Crippen LogP contribution < -0.4 is 21.7 Å². The van der Waals surface area contributed by atoms with Gasteiger partial charge in [0, 0.05) is 36.6 Å². The molecule has 6 atom stereocenters. The maximum Gasteiger partial charge on any atom is 0.328 e. The van der Waals surface area contributed by atoms with E-state index in [0.717, 1.165) is 0 Å². The Kier molecular flexibility index (Phi) is 10.5. The summed E-state index contributed by atoms with van der Waals surface area (Å²) in [6.07, 6.45) is 5.01. The van der Waals surface area contributed by atoms with Crippen molar-refractivity contribution >= 4 is 23.7 Å². The van der Waals surface area contributed by atoms with E-state index in [9.17, 15) is 29.4 Å². The van der Waals surface area contributed by atoms with Gasteiger partial charge < -0.3 is 41.9 Å². The summed E-state index contributed by atoms with van der Waals surface area (Å²) in [6, 6.07) is -4.80. The number of rotatable bonds is 14. The zero-order chi connectivity index (χ0) is 26.8. The molecular formula is C22H34N8O6. The average Bonchev–Trinajstić information content (AvgIpc) is 3.54. The summed E-state index contributed by atoms with van der Waals surface area (Å²) in [6.45, 7) is 4.93. The zero-order valence-corrected chi connectivity index (χ0v) is 20.4. The molecule has 6 unspecified atom stereocenters. The molecule has 0 aromatic carbocycles.